The van der Waals surface area contributed by atoms with Crippen LogP contribution in [0.15, 0.2) is 4.99 Å². The van der Waals surface area contributed by atoms with E-state index in [-0.39, 0.29) is 0 Å². The summed E-state index contributed by atoms with van der Waals surface area (Å²) in [6.07, 6.45) is 6.04. The maximum Gasteiger partial charge on any atom is 0.190 e. The molecule has 0 aromatic carbocycles. The van der Waals surface area contributed by atoms with Gasteiger partial charge in [-0.1, -0.05) is 0 Å². The lowest BCUT2D eigenvalue weighted by atomic mass is 10.0. The highest BCUT2D eigenvalue weighted by Crippen LogP contribution is 2.26. The lowest BCUT2D eigenvalue weighted by molar-refractivity contribution is 0.680. The summed E-state index contributed by atoms with van der Waals surface area (Å²) in [6.45, 7) is 0.889. The lowest BCUT2D eigenvalue weighted by Crippen LogP contribution is -2.35. The van der Waals surface area contributed by atoms with Crippen molar-refractivity contribution in [3.05, 3.63) is 15.6 Å². The highest BCUT2D eigenvalue weighted by Gasteiger charge is 2.14. The molecule has 0 unspecified atom stereocenters. The van der Waals surface area contributed by atoms with E-state index in [1.54, 1.807) is 7.05 Å². The molecule has 17 heavy (non-hydrogen) atoms. The van der Waals surface area contributed by atoms with Gasteiger partial charge in [-0.15, -0.1) is 11.3 Å². The maximum absolute atomic E-state index is 4.72. The molecule has 0 fully saturated rings. The van der Waals surface area contributed by atoms with E-state index in [0.29, 0.717) is 0 Å². The number of aliphatic imine (C=N–C) groups is 1. The Kier molecular flexibility index (Phi) is 4.36. The third kappa shape index (κ3) is 3.19. The minimum absolute atomic E-state index is 0.839. The Bertz CT molecular complexity index is 374. The van der Waals surface area contributed by atoms with E-state index in [1.807, 2.05) is 18.4 Å². The second-order valence-electron chi connectivity index (χ2n) is 4.18. The summed E-state index contributed by atoms with van der Waals surface area (Å²) in [5, 5.41) is 7.52. The molecule has 4 nitrogen and oxygen atoms in total. The van der Waals surface area contributed by atoms with E-state index < -0.39 is 0 Å². The second-order valence-corrected chi connectivity index (χ2v) is 5.35. The summed E-state index contributed by atoms with van der Waals surface area (Å²) in [7, 11) is 3.65. The van der Waals surface area contributed by atoms with E-state index in [1.165, 1.54) is 41.3 Å². The van der Waals surface area contributed by atoms with Gasteiger partial charge in [-0.25, -0.2) is 4.98 Å². The molecule has 0 bridgehead atoms. The molecule has 0 spiro atoms. The van der Waals surface area contributed by atoms with Gasteiger partial charge >= 0.3 is 0 Å². The molecule has 1 aliphatic carbocycles. The van der Waals surface area contributed by atoms with Crippen LogP contribution in [-0.2, 0) is 19.3 Å². The van der Waals surface area contributed by atoms with E-state index in [4.69, 9.17) is 4.98 Å². The molecule has 0 saturated carbocycles. The van der Waals surface area contributed by atoms with Gasteiger partial charge in [-0.3, -0.25) is 4.99 Å². The highest BCUT2D eigenvalue weighted by molar-refractivity contribution is 7.11. The van der Waals surface area contributed by atoms with Crippen LogP contribution >= 0.6 is 11.3 Å². The van der Waals surface area contributed by atoms with Gasteiger partial charge in [0.2, 0.25) is 0 Å². The van der Waals surface area contributed by atoms with Gasteiger partial charge in [-0.05, 0) is 25.7 Å². The number of fused-ring (bicyclic) bond motifs is 1. The van der Waals surface area contributed by atoms with E-state index in [9.17, 15) is 0 Å². The third-order valence-corrected chi connectivity index (χ3v) is 4.20. The fraction of sp³-hybridized carbons (Fsp3) is 0.667. The summed E-state index contributed by atoms with van der Waals surface area (Å²) in [5.74, 6) is 0.839. The third-order valence-electron chi connectivity index (χ3n) is 2.98. The molecule has 0 radical (unpaired) electrons. The first-order valence-corrected chi connectivity index (χ1v) is 7.01. The normalized spacial score (nSPS) is 15.5. The number of aromatic nitrogens is 1. The van der Waals surface area contributed by atoms with Gasteiger partial charge in [0, 0.05) is 31.9 Å². The Morgan fingerprint density at radius 3 is 2.94 bits per heavy atom. The van der Waals surface area contributed by atoms with Crippen molar-refractivity contribution in [2.24, 2.45) is 4.99 Å². The number of nitrogens with zero attached hydrogens (tertiary/aromatic N) is 2. The number of hydrogen-bond acceptors (Lipinski definition) is 3. The van der Waals surface area contributed by atoms with Crippen LogP contribution in [0.25, 0.3) is 0 Å². The number of nitrogens with one attached hydrogen (secondary N) is 2. The van der Waals surface area contributed by atoms with E-state index >= 15 is 0 Å². The smallest absolute Gasteiger partial charge is 0.190 e. The Labute approximate surface area is 107 Å². The molecule has 5 heteroatoms. The molecule has 1 aromatic rings. The minimum atomic E-state index is 0.839. The van der Waals surface area contributed by atoms with Gasteiger partial charge in [0.25, 0.3) is 0 Å². The van der Waals surface area contributed by atoms with Crippen molar-refractivity contribution in [1.29, 1.82) is 0 Å². The molecule has 94 valence electrons. The molecule has 2 N–H and O–H groups in total. The van der Waals surface area contributed by atoms with Crippen molar-refractivity contribution in [2.45, 2.75) is 32.1 Å². The van der Waals surface area contributed by atoms with Gasteiger partial charge in [0.05, 0.1) is 10.7 Å². The zero-order valence-electron chi connectivity index (χ0n) is 10.5. The summed E-state index contributed by atoms with van der Waals surface area (Å²) in [4.78, 5) is 10.3. The second kappa shape index (κ2) is 6.00. The van der Waals surface area contributed by atoms with Crippen LogP contribution in [-0.4, -0.2) is 31.6 Å². The van der Waals surface area contributed by atoms with Crippen molar-refractivity contribution >= 4 is 17.3 Å². The average molecular weight is 252 g/mol. The molecule has 1 heterocycles. The van der Waals surface area contributed by atoms with Gasteiger partial charge in [0.1, 0.15) is 0 Å². The van der Waals surface area contributed by atoms with Gasteiger partial charge in [0.15, 0.2) is 5.96 Å². The first-order chi connectivity index (χ1) is 8.33. The highest BCUT2D eigenvalue weighted by atomic mass is 32.1. The van der Waals surface area contributed by atoms with Crippen molar-refractivity contribution < 1.29 is 0 Å². The lowest BCUT2D eigenvalue weighted by Gasteiger charge is -2.06. The zero-order chi connectivity index (χ0) is 12.1. The molecule has 2 rings (SSSR count). The topological polar surface area (TPSA) is 49.3 Å². The number of hydrogen-bond donors (Lipinski definition) is 2. The van der Waals surface area contributed by atoms with Gasteiger partial charge < -0.3 is 10.6 Å². The fourth-order valence-corrected chi connectivity index (χ4v) is 3.24. The summed E-state index contributed by atoms with van der Waals surface area (Å²) < 4.78 is 0. The van der Waals surface area contributed by atoms with Crippen LogP contribution in [0.5, 0.6) is 0 Å². The van der Waals surface area contributed by atoms with Crippen LogP contribution in [0.2, 0.25) is 0 Å². The van der Waals surface area contributed by atoms with Crippen molar-refractivity contribution in [3.8, 4) is 0 Å². The molecule has 1 aromatic heterocycles. The quantitative estimate of drug-likeness (QED) is 0.631. The number of aryl methyl sites for hydroxylation is 2. The largest absolute Gasteiger partial charge is 0.359 e. The Morgan fingerprint density at radius 2 is 2.24 bits per heavy atom. The number of guanidine groups is 1. The summed E-state index contributed by atoms with van der Waals surface area (Å²) >= 11 is 1.89. The molecule has 0 atom stereocenters. The van der Waals surface area contributed by atoms with E-state index in [0.717, 1.165) is 18.9 Å². The number of rotatable bonds is 3. The first kappa shape index (κ1) is 12.4. The van der Waals surface area contributed by atoms with Crippen molar-refractivity contribution in [2.75, 3.05) is 20.6 Å². The average Bonchev–Trinajstić information content (AvgIpc) is 2.77. The molecular formula is C12H20N4S. The Morgan fingerprint density at radius 1 is 1.41 bits per heavy atom. The maximum atomic E-state index is 4.72. The summed E-state index contributed by atoms with van der Waals surface area (Å²) in [6, 6.07) is 0. The monoisotopic (exact) mass is 252 g/mol. The van der Waals surface area contributed by atoms with Crippen LogP contribution in [0, 0.1) is 0 Å². The molecule has 0 saturated heterocycles. The molecule has 0 amide bonds. The van der Waals surface area contributed by atoms with E-state index in [2.05, 4.69) is 15.6 Å². The first-order valence-electron chi connectivity index (χ1n) is 6.19. The predicted octanol–water partition coefficient (Wildman–Crippen LogP) is 1.36. The number of thiazole rings is 1. The SMILES string of the molecule is CN=C(NC)NCCc1nc2c(s1)CCCC2. The predicted molar refractivity (Wildman–Crippen MR) is 72.9 cm³/mol. The fourth-order valence-electron chi connectivity index (χ4n) is 2.08. The molecule has 0 aliphatic heterocycles. The zero-order valence-corrected chi connectivity index (χ0v) is 11.4. The Hall–Kier alpha value is -1.10. The van der Waals surface area contributed by atoms with Crippen molar-refractivity contribution in [1.82, 2.24) is 15.6 Å². The Balaban J connectivity index is 1.85. The van der Waals surface area contributed by atoms with Crippen LogP contribution in [0.4, 0.5) is 0 Å². The van der Waals surface area contributed by atoms with Crippen LogP contribution in [0.1, 0.15) is 28.4 Å². The van der Waals surface area contributed by atoms with Crippen LogP contribution in [0.3, 0.4) is 0 Å². The van der Waals surface area contributed by atoms with Crippen molar-refractivity contribution in [3.63, 3.8) is 0 Å². The standard InChI is InChI=1S/C12H20N4S/c1-13-12(14-2)15-8-7-11-16-9-5-3-4-6-10(9)17-11/h3-8H2,1-2H3,(H2,13,14,15). The van der Waals surface area contributed by atoms with Gasteiger partial charge in [-0.2, -0.15) is 0 Å². The van der Waals surface area contributed by atoms with Crippen LogP contribution < -0.4 is 10.6 Å². The molecular weight excluding hydrogens is 232 g/mol. The molecule has 1 aliphatic rings. The minimum Gasteiger partial charge on any atom is -0.359 e. The summed E-state index contributed by atoms with van der Waals surface area (Å²) in [5.41, 5.74) is 1.36.